The van der Waals surface area contributed by atoms with E-state index in [1.54, 1.807) is 12.1 Å². The van der Waals surface area contributed by atoms with Gasteiger partial charge < -0.3 is 10.6 Å². The van der Waals surface area contributed by atoms with Crippen molar-refractivity contribution in [3.05, 3.63) is 33.6 Å². The van der Waals surface area contributed by atoms with Crippen LogP contribution in [-0.2, 0) is 0 Å². The number of halogens is 2. The third-order valence-corrected chi connectivity index (χ3v) is 3.82. The van der Waals surface area contributed by atoms with Gasteiger partial charge in [-0.2, -0.15) is 0 Å². The van der Waals surface area contributed by atoms with Gasteiger partial charge in [-0.3, -0.25) is 0 Å². The van der Waals surface area contributed by atoms with Crippen molar-refractivity contribution in [3.63, 3.8) is 0 Å². The SMILES string of the molecule is CCNC(=S)Nc1nc(-c2ccc(Cl)cc2Cl)cs1. The van der Waals surface area contributed by atoms with Crippen molar-refractivity contribution in [1.29, 1.82) is 0 Å². The maximum atomic E-state index is 6.15. The predicted molar refractivity (Wildman–Crippen MR) is 87.5 cm³/mol. The van der Waals surface area contributed by atoms with E-state index in [4.69, 9.17) is 35.4 Å². The Morgan fingerprint density at radius 2 is 2.21 bits per heavy atom. The van der Waals surface area contributed by atoms with Crippen LogP contribution >= 0.6 is 46.8 Å². The fourth-order valence-electron chi connectivity index (χ4n) is 1.45. The molecule has 0 spiro atoms. The zero-order valence-corrected chi connectivity index (χ0v) is 13.2. The molecule has 1 aromatic carbocycles. The Balaban J connectivity index is 2.18. The first-order valence-corrected chi connectivity index (χ1v) is 7.60. The lowest BCUT2D eigenvalue weighted by atomic mass is 10.2. The van der Waals surface area contributed by atoms with Crippen LogP contribution in [-0.4, -0.2) is 16.6 Å². The van der Waals surface area contributed by atoms with Crippen LogP contribution in [0.25, 0.3) is 11.3 Å². The molecule has 0 aliphatic rings. The molecule has 2 aromatic rings. The summed E-state index contributed by atoms with van der Waals surface area (Å²) in [6.07, 6.45) is 0. The van der Waals surface area contributed by atoms with Crippen LogP contribution in [0.15, 0.2) is 23.6 Å². The summed E-state index contributed by atoms with van der Waals surface area (Å²) in [4.78, 5) is 4.45. The molecule has 100 valence electrons. The van der Waals surface area contributed by atoms with E-state index in [2.05, 4.69) is 15.6 Å². The number of thiazole rings is 1. The number of benzene rings is 1. The Morgan fingerprint density at radius 1 is 1.42 bits per heavy atom. The molecule has 0 unspecified atom stereocenters. The largest absolute Gasteiger partial charge is 0.363 e. The molecule has 0 fully saturated rings. The lowest BCUT2D eigenvalue weighted by Crippen LogP contribution is -2.27. The van der Waals surface area contributed by atoms with Crippen molar-refractivity contribution in [2.75, 3.05) is 11.9 Å². The first kappa shape index (κ1) is 14.5. The topological polar surface area (TPSA) is 37.0 Å². The molecule has 0 aliphatic carbocycles. The van der Waals surface area contributed by atoms with E-state index >= 15 is 0 Å². The zero-order valence-electron chi connectivity index (χ0n) is 10.0. The van der Waals surface area contributed by atoms with Gasteiger partial charge in [0.15, 0.2) is 10.2 Å². The first-order chi connectivity index (χ1) is 9.10. The average Bonchev–Trinajstić information content (AvgIpc) is 2.77. The van der Waals surface area contributed by atoms with Crippen molar-refractivity contribution in [2.24, 2.45) is 0 Å². The summed E-state index contributed by atoms with van der Waals surface area (Å²) in [5, 5.41) is 10.4. The van der Waals surface area contributed by atoms with Crippen LogP contribution < -0.4 is 10.6 Å². The summed E-state index contributed by atoms with van der Waals surface area (Å²) in [6.45, 7) is 2.75. The summed E-state index contributed by atoms with van der Waals surface area (Å²) in [5.74, 6) is 0. The lowest BCUT2D eigenvalue weighted by Gasteiger charge is -2.05. The number of nitrogens with zero attached hydrogens (tertiary/aromatic N) is 1. The molecule has 0 radical (unpaired) electrons. The third-order valence-electron chi connectivity index (χ3n) is 2.27. The lowest BCUT2D eigenvalue weighted by molar-refractivity contribution is 0.979. The molecule has 0 saturated heterocycles. The molecular formula is C12H11Cl2N3S2. The highest BCUT2D eigenvalue weighted by Gasteiger charge is 2.09. The van der Waals surface area contributed by atoms with Gasteiger partial charge in [-0.15, -0.1) is 11.3 Å². The molecule has 0 aliphatic heterocycles. The van der Waals surface area contributed by atoms with Crippen LogP contribution in [0.4, 0.5) is 5.13 Å². The van der Waals surface area contributed by atoms with Crippen molar-refractivity contribution >= 4 is 57.0 Å². The average molecular weight is 332 g/mol. The maximum absolute atomic E-state index is 6.15. The van der Waals surface area contributed by atoms with Gasteiger partial charge in [0.25, 0.3) is 0 Å². The molecule has 2 N–H and O–H groups in total. The molecule has 3 nitrogen and oxygen atoms in total. The molecule has 2 rings (SSSR count). The van der Waals surface area contributed by atoms with Gasteiger partial charge in [0.2, 0.25) is 0 Å². The number of anilines is 1. The third kappa shape index (κ3) is 3.79. The highest BCUT2D eigenvalue weighted by atomic mass is 35.5. The van der Waals surface area contributed by atoms with Crippen molar-refractivity contribution in [2.45, 2.75) is 6.92 Å². The number of hydrogen-bond acceptors (Lipinski definition) is 3. The van der Waals surface area contributed by atoms with Gasteiger partial charge in [-0.1, -0.05) is 23.2 Å². The quantitative estimate of drug-likeness (QED) is 0.816. The van der Waals surface area contributed by atoms with Gasteiger partial charge in [-0.05, 0) is 37.3 Å². The molecule has 19 heavy (non-hydrogen) atoms. The summed E-state index contributed by atoms with van der Waals surface area (Å²) in [5.41, 5.74) is 1.65. The summed E-state index contributed by atoms with van der Waals surface area (Å²) in [7, 11) is 0. The van der Waals surface area contributed by atoms with Crippen molar-refractivity contribution < 1.29 is 0 Å². The van der Waals surface area contributed by atoms with Crippen LogP contribution in [0, 0.1) is 0 Å². The van der Waals surface area contributed by atoms with E-state index in [0.717, 1.165) is 22.9 Å². The molecular weight excluding hydrogens is 321 g/mol. The van der Waals surface area contributed by atoms with Gasteiger partial charge >= 0.3 is 0 Å². The van der Waals surface area contributed by atoms with Crippen molar-refractivity contribution in [3.8, 4) is 11.3 Å². The molecule has 1 aromatic heterocycles. The second-order valence-corrected chi connectivity index (χ2v) is 5.76. The summed E-state index contributed by atoms with van der Waals surface area (Å²) in [6, 6.07) is 5.35. The van der Waals surface area contributed by atoms with Crippen LogP contribution in [0.1, 0.15) is 6.92 Å². The smallest absolute Gasteiger partial charge is 0.189 e. The monoisotopic (exact) mass is 331 g/mol. The Bertz CT molecular complexity index is 598. The summed E-state index contributed by atoms with van der Waals surface area (Å²) < 4.78 is 0. The fourth-order valence-corrected chi connectivity index (χ4v) is 2.98. The van der Waals surface area contributed by atoms with Gasteiger partial charge in [0.1, 0.15) is 0 Å². The zero-order chi connectivity index (χ0) is 13.8. The van der Waals surface area contributed by atoms with E-state index in [1.165, 1.54) is 11.3 Å². The normalized spacial score (nSPS) is 10.3. The first-order valence-electron chi connectivity index (χ1n) is 5.56. The van der Waals surface area contributed by atoms with Gasteiger partial charge in [0, 0.05) is 22.5 Å². The minimum atomic E-state index is 0.561. The van der Waals surface area contributed by atoms with Gasteiger partial charge in [-0.25, -0.2) is 4.98 Å². The molecule has 7 heteroatoms. The Morgan fingerprint density at radius 3 is 2.89 bits per heavy atom. The standard InChI is InChI=1S/C12H11Cl2N3S2/c1-2-15-11(18)17-12-16-10(6-19-12)8-4-3-7(13)5-9(8)14/h3-6H,2H2,1H3,(H2,15,16,17,18). The molecule has 0 amide bonds. The minimum absolute atomic E-state index is 0.561. The second kappa shape index (κ2) is 6.52. The van der Waals surface area contributed by atoms with E-state index in [1.807, 2.05) is 18.4 Å². The van der Waals surface area contributed by atoms with Crippen molar-refractivity contribution in [1.82, 2.24) is 10.3 Å². The van der Waals surface area contributed by atoms with E-state index in [0.29, 0.717) is 15.2 Å². The molecule has 0 bridgehead atoms. The number of thiocarbonyl (C=S) groups is 1. The van der Waals surface area contributed by atoms with Gasteiger partial charge in [0.05, 0.1) is 10.7 Å². The molecule has 0 saturated carbocycles. The number of rotatable bonds is 3. The molecule has 0 atom stereocenters. The minimum Gasteiger partial charge on any atom is -0.363 e. The van der Waals surface area contributed by atoms with E-state index in [9.17, 15) is 0 Å². The highest BCUT2D eigenvalue weighted by Crippen LogP contribution is 2.32. The molecule has 1 heterocycles. The highest BCUT2D eigenvalue weighted by molar-refractivity contribution is 7.80. The second-order valence-electron chi connectivity index (χ2n) is 3.65. The van der Waals surface area contributed by atoms with Crippen LogP contribution in [0.2, 0.25) is 10.0 Å². The van der Waals surface area contributed by atoms with E-state index in [-0.39, 0.29) is 0 Å². The maximum Gasteiger partial charge on any atom is 0.189 e. The Hall–Kier alpha value is -0.880. The predicted octanol–water partition coefficient (Wildman–Crippen LogP) is 4.42. The number of hydrogen-bond donors (Lipinski definition) is 2. The fraction of sp³-hybridized carbons (Fsp3) is 0.167. The Labute approximate surface area is 131 Å². The van der Waals surface area contributed by atoms with E-state index < -0.39 is 0 Å². The van der Waals surface area contributed by atoms with Crippen LogP contribution in [0.5, 0.6) is 0 Å². The number of nitrogens with one attached hydrogen (secondary N) is 2. The summed E-state index contributed by atoms with van der Waals surface area (Å²) >= 11 is 18.6. The van der Waals surface area contributed by atoms with Crippen LogP contribution in [0.3, 0.4) is 0 Å². The Kier molecular flexibility index (Phi) is 4.99. The number of aromatic nitrogens is 1.